The van der Waals surface area contributed by atoms with Crippen LogP contribution in [0.1, 0.15) is 37.5 Å². The van der Waals surface area contributed by atoms with Crippen LogP contribution in [-0.2, 0) is 13.2 Å². The fourth-order valence-electron chi connectivity index (χ4n) is 2.52. The van der Waals surface area contributed by atoms with Crippen molar-refractivity contribution in [3.05, 3.63) is 66.6 Å². The molecule has 0 spiro atoms. The summed E-state index contributed by atoms with van der Waals surface area (Å²) in [6.45, 7) is 8.47. The van der Waals surface area contributed by atoms with Gasteiger partial charge in [-0.25, -0.2) is 0 Å². The molecule has 0 bridgehead atoms. The Labute approximate surface area is 139 Å². The molecule has 3 heteroatoms. The zero-order chi connectivity index (χ0) is 16.3. The van der Waals surface area contributed by atoms with Crippen molar-refractivity contribution in [1.29, 1.82) is 0 Å². The minimum Gasteiger partial charge on any atom is -0.486 e. The van der Waals surface area contributed by atoms with Gasteiger partial charge in [0.2, 0.25) is 0 Å². The van der Waals surface area contributed by atoms with E-state index in [1.165, 1.54) is 18.4 Å². The topological polar surface area (TPSA) is 34.4 Å². The molecule has 2 rings (SSSR count). The molecule has 0 aliphatic carbocycles. The van der Waals surface area contributed by atoms with Gasteiger partial charge in [0, 0.05) is 6.54 Å². The van der Waals surface area contributed by atoms with Crippen LogP contribution < -0.4 is 10.1 Å². The molecule has 0 radical (unpaired) electrons. The number of rotatable bonds is 11. The van der Waals surface area contributed by atoms with Gasteiger partial charge in [0.25, 0.3) is 0 Å². The number of benzene rings is 1. The molecule has 0 fully saturated rings. The molecule has 1 unspecified atom stereocenters. The maximum Gasteiger partial charge on any atom is 0.146 e. The van der Waals surface area contributed by atoms with Crippen molar-refractivity contribution >= 4 is 0 Å². The molecule has 23 heavy (non-hydrogen) atoms. The molecule has 1 N–H and O–H groups in total. The maximum absolute atomic E-state index is 5.68. The first-order valence-corrected chi connectivity index (χ1v) is 8.37. The molecule has 1 aromatic carbocycles. The Balaban J connectivity index is 1.67. The van der Waals surface area contributed by atoms with Crippen LogP contribution in [0.25, 0.3) is 0 Å². The Morgan fingerprint density at radius 2 is 2.09 bits per heavy atom. The lowest BCUT2D eigenvalue weighted by molar-refractivity contribution is 0.270. The van der Waals surface area contributed by atoms with Crippen molar-refractivity contribution in [2.75, 3.05) is 6.54 Å². The van der Waals surface area contributed by atoms with Gasteiger partial charge in [0.15, 0.2) is 0 Å². The normalized spacial score (nSPS) is 12.0. The zero-order valence-corrected chi connectivity index (χ0v) is 14.0. The Hall–Kier alpha value is -2.00. The summed E-state index contributed by atoms with van der Waals surface area (Å²) < 4.78 is 10.9. The Morgan fingerprint density at radius 3 is 2.74 bits per heavy atom. The third-order valence-electron chi connectivity index (χ3n) is 4.02. The molecule has 0 saturated heterocycles. The summed E-state index contributed by atoms with van der Waals surface area (Å²) in [7, 11) is 0. The first-order valence-electron chi connectivity index (χ1n) is 8.37. The monoisotopic (exact) mass is 313 g/mol. The number of hydrogen-bond acceptors (Lipinski definition) is 3. The van der Waals surface area contributed by atoms with Gasteiger partial charge in [-0.2, -0.15) is 0 Å². The van der Waals surface area contributed by atoms with Crippen LogP contribution in [0, 0.1) is 5.92 Å². The first kappa shape index (κ1) is 17.4. The van der Waals surface area contributed by atoms with Crippen LogP contribution in [-0.4, -0.2) is 6.54 Å². The van der Waals surface area contributed by atoms with Crippen molar-refractivity contribution in [3.8, 4) is 5.75 Å². The van der Waals surface area contributed by atoms with E-state index in [0.29, 0.717) is 6.61 Å². The lowest BCUT2D eigenvalue weighted by Gasteiger charge is -2.13. The quantitative estimate of drug-likeness (QED) is 0.471. The van der Waals surface area contributed by atoms with Crippen LogP contribution in [0.15, 0.2) is 59.7 Å². The van der Waals surface area contributed by atoms with E-state index in [1.807, 2.05) is 30.3 Å². The van der Waals surface area contributed by atoms with Crippen molar-refractivity contribution < 1.29 is 9.15 Å². The summed E-state index contributed by atoms with van der Waals surface area (Å²) in [5, 5.41) is 3.51. The van der Waals surface area contributed by atoms with E-state index in [2.05, 4.69) is 31.0 Å². The Kier molecular flexibility index (Phi) is 7.47. The predicted octanol–water partition coefficient (Wildman–Crippen LogP) is 4.94. The lowest BCUT2D eigenvalue weighted by atomic mass is 9.98. The smallest absolute Gasteiger partial charge is 0.146 e. The first-order chi connectivity index (χ1) is 11.3. The van der Waals surface area contributed by atoms with E-state index in [0.717, 1.165) is 36.9 Å². The second kappa shape index (κ2) is 9.90. The van der Waals surface area contributed by atoms with Crippen LogP contribution >= 0.6 is 0 Å². The minimum atomic E-state index is 0.465. The van der Waals surface area contributed by atoms with Gasteiger partial charge in [-0.15, -0.1) is 6.58 Å². The predicted molar refractivity (Wildman–Crippen MR) is 94.4 cm³/mol. The minimum absolute atomic E-state index is 0.465. The van der Waals surface area contributed by atoms with Gasteiger partial charge in [0.05, 0.1) is 6.26 Å². The third-order valence-corrected chi connectivity index (χ3v) is 4.02. The number of ether oxygens (including phenoxy) is 1. The van der Waals surface area contributed by atoms with Crippen LogP contribution in [0.4, 0.5) is 0 Å². The molecule has 0 saturated carbocycles. The lowest BCUT2D eigenvalue weighted by Crippen LogP contribution is -2.17. The number of furan rings is 1. The highest BCUT2D eigenvalue weighted by Crippen LogP contribution is 2.15. The molecule has 0 aliphatic rings. The fraction of sp³-hybridized carbons (Fsp3) is 0.400. The molecule has 2 aromatic rings. The molecule has 124 valence electrons. The summed E-state index contributed by atoms with van der Waals surface area (Å²) in [5.41, 5.74) is 1.27. The van der Waals surface area contributed by atoms with Gasteiger partial charge in [-0.05, 0) is 55.1 Å². The number of allylic oxidation sites excluding steroid dienone is 1. The molecule has 0 amide bonds. The highest BCUT2D eigenvalue weighted by atomic mass is 16.5. The summed E-state index contributed by atoms with van der Waals surface area (Å²) in [5.74, 6) is 2.44. The van der Waals surface area contributed by atoms with Gasteiger partial charge in [-0.1, -0.05) is 31.6 Å². The highest BCUT2D eigenvalue weighted by Gasteiger charge is 2.03. The van der Waals surface area contributed by atoms with Gasteiger partial charge >= 0.3 is 0 Å². The summed E-state index contributed by atoms with van der Waals surface area (Å²) in [6.07, 6.45) is 7.21. The summed E-state index contributed by atoms with van der Waals surface area (Å²) in [4.78, 5) is 0. The molecule has 3 nitrogen and oxygen atoms in total. The van der Waals surface area contributed by atoms with Gasteiger partial charge in [0.1, 0.15) is 18.1 Å². The summed E-state index contributed by atoms with van der Waals surface area (Å²) in [6, 6.07) is 12.0. The Bertz CT molecular complexity index is 546. The fourth-order valence-corrected chi connectivity index (χ4v) is 2.52. The molecular formula is C20H27NO2. The van der Waals surface area contributed by atoms with E-state index < -0.39 is 0 Å². The molecule has 1 atom stereocenters. The molecule has 1 aromatic heterocycles. The maximum atomic E-state index is 5.68. The van der Waals surface area contributed by atoms with Crippen LogP contribution in [0.3, 0.4) is 0 Å². The van der Waals surface area contributed by atoms with Crippen LogP contribution in [0.5, 0.6) is 5.75 Å². The van der Waals surface area contributed by atoms with E-state index in [9.17, 15) is 0 Å². The van der Waals surface area contributed by atoms with Crippen molar-refractivity contribution in [1.82, 2.24) is 5.32 Å². The van der Waals surface area contributed by atoms with Crippen LogP contribution in [0.2, 0.25) is 0 Å². The largest absolute Gasteiger partial charge is 0.486 e. The highest BCUT2D eigenvalue weighted by molar-refractivity contribution is 5.27. The molecule has 1 heterocycles. The van der Waals surface area contributed by atoms with E-state index >= 15 is 0 Å². The van der Waals surface area contributed by atoms with Gasteiger partial charge < -0.3 is 14.5 Å². The zero-order valence-electron chi connectivity index (χ0n) is 14.0. The van der Waals surface area contributed by atoms with Gasteiger partial charge in [-0.3, -0.25) is 0 Å². The van der Waals surface area contributed by atoms with E-state index in [-0.39, 0.29) is 0 Å². The van der Waals surface area contributed by atoms with E-state index in [4.69, 9.17) is 9.15 Å². The van der Waals surface area contributed by atoms with E-state index in [1.54, 1.807) is 6.26 Å². The Morgan fingerprint density at radius 1 is 1.26 bits per heavy atom. The molecular weight excluding hydrogens is 286 g/mol. The van der Waals surface area contributed by atoms with Crippen molar-refractivity contribution in [2.24, 2.45) is 5.92 Å². The number of nitrogens with one attached hydrogen (secondary N) is 1. The third kappa shape index (κ3) is 6.33. The van der Waals surface area contributed by atoms with Crippen molar-refractivity contribution in [3.63, 3.8) is 0 Å². The summed E-state index contributed by atoms with van der Waals surface area (Å²) >= 11 is 0. The second-order valence-electron chi connectivity index (χ2n) is 5.78. The SMILES string of the molecule is C=CCC(CC)CCNCc1ccc(OCc2ccco2)cc1. The van der Waals surface area contributed by atoms with Crippen molar-refractivity contribution in [2.45, 2.75) is 39.3 Å². The molecule has 0 aliphatic heterocycles. The average Bonchev–Trinajstić information content (AvgIpc) is 3.10. The standard InChI is InChI=1S/C20H27NO2/c1-3-6-17(4-2)12-13-21-15-18-8-10-19(11-9-18)23-16-20-7-5-14-22-20/h3,5,7-11,14,17,21H,1,4,6,12-13,15-16H2,2H3. The number of hydrogen-bond donors (Lipinski definition) is 1. The second-order valence-corrected chi connectivity index (χ2v) is 5.78. The average molecular weight is 313 g/mol.